The van der Waals surface area contributed by atoms with Gasteiger partial charge in [0.15, 0.2) is 0 Å². The monoisotopic (exact) mass is 466 g/mol. The molecule has 2 aromatic rings. The lowest BCUT2D eigenvalue weighted by molar-refractivity contribution is -0.0553. The number of aliphatic hydroxyl groups excluding tert-OH is 1. The van der Waals surface area contributed by atoms with Gasteiger partial charge in [-0.2, -0.15) is 4.31 Å². The number of hydrogen-bond donors (Lipinski definition) is 1. The van der Waals surface area contributed by atoms with Crippen molar-refractivity contribution >= 4 is 10.0 Å². The van der Waals surface area contributed by atoms with Gasteiger partial charge in [-0.05, 0) is 61.7 Å². The molecule has 0 aliphatic carbocycles. The molecule has 33 heavy (non-hydrogen) atoms. The van der Waals surface area contributed by atoms with Crippen LogP contribution in [-0.2, 0) is 10.0 Å². The van der Waals surface area contributed by atoms with Crippen molar-refractivity contribution in [1.29, 1.82) is 0 Å². The first-order chi connectivity index (χ1) is 15.8. The molecule has 0 radical (unpaired) electrons. The highest BCUT2D eigenvalue weighted by Gasteiger charge is 2.50. The van der Waals surface area contributed by atoms with Crippen LogP contribution in [0.2, 0.25) is 0 Å². The quantitative estimate of drug-likeness (QED) is 0.700. The maximum Gasteiger partial charge on any atom is 0.243 e. The summed E-state index contributed by atoms with van der Waals surface area (Å²) in [5.41, 5.74) is 3.05. The largest absolute Gasteiger partial charge is 0.395 e. The van der Waals surface area contributed by atoms with Crippen LogP contribution in [0.5, 0.6) is 0 Å². The molecule has 176 valence electrons. The van der Waals surface area contributed by atoms with Crippen molar-refractivity contribution in [3.8, 4) is 11.8 Å². The minimum atomic E-state index is -3.57. The summed E-state index contributed by atoms with van der Waals surface area (Å²) in [6.45, 7) is 7.98. The van der Waals surface area contributed by atoms with Crippen LogP contribution < -0.4 is 0 Å². The third-order valence-corrected chi connectivity index (χ3v) is 8.62. The van der Waals surface area contributed by atoms with E-state index in [-0.39, 0.29) is 24.6 Å². The van der Waals surface area contributed by atoms with Crippen LogP contribution in [0.1, 0.15) is 49.3 Å². The summed E-state index contributed by atoms with van der Waals surface area (Å²) >= 11 is 0. The molecule has 4 rings (SSSR count). The number of aliphatic hydroxyl groups is 1. The molecule has 2 heterocycles. The van der Waals surface area contributed by atoms with Gasteiger partial charge in [0, 0.05) is 42.6 Å². The fourth-order valence-electron chi connectivity index (χ4n) is 5.07. The zero-order chi connectivity index (χ0) is 23.6. The molecular formula is C27H34N2O3S. The van der Waals surface area contributed by atoms with E-state index in [2.05, 4.69) is 42.7 Å². The van der Waals surface area contributed by atoms with Crippen LogP contribution in [0.15, 0.2) is 53.4 Å². The lowest BCUT2D eigenvalue weighted by atomic mass is 9.74. The van der Waals surface area contributed by atoms with Gasteiger partial charge in [0.2, 0.25) is 10.0 Å². The van der Waals surface area contributed by atoms with E-state index in [0.29, 0.717) is 23.9 Å². The summed E-state index contributed by atoms with van der Waals surface area (Å²) in [7, 11) is -3.57. The molecule has 2 aromatic carbocycles. The number of sulfonamides is 1. The molecule has 0 bridgehead atoms. The van der Waals surface area contributed by atoms with E-state index in [1.165, 1.54) is 0 Å². The summed E-state index contributed by atoms with van der Waals surface area (Å²) in [6.07, 6.45) is 1.74. The van der Waals surface area contributed by atoms with E-state index in [1.54, 1.807) is 22.5 Å². The van der Waals surface area contributed by atoms with E-state index in [0.717, 1.165) is 36.1 Å². The third-order valence-electron chi connectivity index (χ3n) is 6.76. The van der Waals surface area contributed by atoms with Gasteiger partial charge >= 0.3 is 0 Å². The normalized spacial score (nSPS) is 24.2. The maximum atomic E-state index is 13.5. The van der Waals surface area contributed by atoms with E-state index in [4.69, 9.17) is 0 Å². The molecule has 2 fully saturated rings. The topological polar surface area (TPSA) is 60.9 Å². The van der Waals surface area contributed by atoms with Crippen molar-refractivity contribution < 1.29 is 13.5 Å². The number of nitrogens with zero attached hydrogens (tertiary/aromatic N) is 2. The van der Waals surface area contributed by atoms with Gasteiger partial charge in [0.25, 0.3) is 0 Å². The van der Waals surface area contributed by atoms with E-state index >= 15 is 0 Å². The van der Waals surface area contributed by atoms with Crippen LogP contribution >= 0.6 is 0 Å². The van der Waals surface area contributed by atoms with Crippen LogP contribution in [0.3, 0.4) is 0 Å². The number of benzene rings is 2. The van der Waals surface area contributed by atoms with Gasteiger partial charge in [0.1, 0.15) is 0 Å². The summed E-state index contributed by atoms with van der Waals surface area (Å²) < 4.78 is 28.6. The van der Waals surface area contributed by atoms with Gasteiger partial charge in [-0.25, -0.2) is 8.42 Å². The van der Waals surface area contributed by atoms with Crippen molar-refractivity contribution in [3.05, 3.63) is 65.2 Å². The lowest BCUT2D eigenvalue weighted by Crippen LogP contribution is -2.67. The van der Waals surface area contributed by atoms with Crippen molar-refractivity contribution in [3.63, 3.8) is 0 Å². The fourth-order valence-corrected chi connectivity index (χ4v) is 6.67. The molecule has 0 unspecified atom stereocenters. The van der Waals surface area contributed by atoms with Gasteiger partial charge < -0.3 is 5.11 Å². The predicted molar refractivity (Wildman–Crippen MR) is 131 cm³/mol. The minimum Gasteiger partial charge on any atom is -0.395 e. The Morgan fingerprint density at radius 1 is 1.09 bits per heavy atom. The fraction of sp³-hybridized carbons (Fsp3) is 0.481. The Labute approximate surface area is 198 Å². The number of hydrogen-bond acceptors (Lipinski definition) is 4. The van der Waals surface area contributed by atoms with Crippen LogP contribution in [-0.4, -0.2) is 61.1 Å². The average molecular weight is 467 g/mol. The molecule has 2 saturated heterocycles. The molecule has 6 heteroatoms. The molecule has 0 aromatic heterocycles. The second kappa shape index (κ2) is 9.99. The Morgan fingerprint density at radius 2 is 1.82 bits per heavy atom. The van der Waals surface area contributed by atoms with Gasteiger partial charge in [-0.15, -0.1) is 0 Å². The molecule has 1 N–H and O–H groups in total. The highest BCUT2D eigenvalue weighted by Crippen LogP contribution is 2.42. The molecule has 3 atom stereocenters. The Hall–Kier alpha value is -2.17. The molecule has 5 nitrogen and oxygen atoms in total. The highest BCUT2D eigenvalue weighted by atomic mass is 32.2. The molecule has 0 amide bonds. The number of rotatable bonds is 4. The predicted octanol–water partition coefficient (Wildman–Crippen LogP) is 3.62. The van der Waals surface area contributed by atoms with E-state index < -0.39 is 10.0 Å². The molecular weight excluding hydrogens is 432 g/mol. The van der Waals surface area contributed by atoms with Gasteiger partial charge in [-0.3, -0.25) is 4.90 Å². The van der Waals surface area contributed by atoms with Crippen molar-refractivity contribution in [1.82, 2.24) is 9.21 Å². The SMILES string of the molecule is Cc1cccc(S(=O)(=O)N2CCCCN3[C@H](CO)[C@@H](c4ccc(C#CC(C)C)cc4)[C@@H]3C2)c1. The lowest BCUT2D eigenvalue weighted by Gasteiger charge is -2.57. The van der Waals surface area contributed by atoms with Gasteiger partial charge in [0.05, 0.1) is 11.5 Å². The Balaban J connectivity index is 1.61. The van der Waals surface area contributed by atoms with Crippen LogP contribution in [0.4, 0.5) is 0 Å². The standard InChI is InChI=1S/C27H34N2O3S/c1-20(2)9-10-22-11-13-23(14-12-22)27-25-18-28(15-4-5-16-29(25)26(27)19-30)33(31,32)24-8-6-7-21(3)17-24/h6-8,11-14,17,20,25-27,30H,4-5,15-16,18-19H2,1-3H3/t25-,26+,27-/m0/s1. The molecule has 0 spiro atoms. The maximum absolute atomic E-state index is 13.5. The minimum absolute atomic E-state index is 0.0178. The summed E-state index contributed by atoms with van der Waals surface area (Å²) in [6, 6.07) is 15.5. The van der Waals surface area contributed by atoms with Crippen molar-refractivity contribution in [2.45, 2.75) is 56.5 Å². The summed E-state index contributed by atoms with van der Waals surface area (Å²) in [5.74, 6) is 6.80. The first kappa shape index (κ1) is 24.0. The Morgan fingerprint density at radius 3 is 2.48 bits per heavy atom. The molecule has 0 saturated carbocycles. The second-order valence-corrected chi connectivity index (χ2v) is 11.5. The number of aryl methyl sites for hydroxylation is 1. The Kier molecular flexibility index (Phi) is 7.25. The smallest absolute Gasteiger partial charge is 0.243 e. The van der Waals surface area contributed by atoms with Gasteiger partial charge in [-0.1, -0.05) is 50.0 Å². The van der Waals surface area contributed by atoms with Crippen molar-refractivity contribution in [2.75, 3.05) is 26.2 Å². The average Bonchev–Trinajstić information content (AvgIpc) is 2.77. The third kappa shape index (κ3) is 5.02. The zero-order valence-electron chi connectivity index (χ0n) is 19.7. The van der Waals surface area contributed by atoms with E-state index in [1.807, 2.05) is 25.1 Å². The first-order valence-corrected chi connectivity index (χ1v) is 13.3. The van der Waals surface area contributed by atoms with Crippen molar-refractivity contribution in [2.24, 2.45) is 5.92 Å². The summed E-state index contributed by atoms with van der Waals surface area (Å²) in [5, 5.41) is 10.2. The zero-order valence-corrected chi connectivity index (χ0v) is 20.6. The Bertz CT molecular complexity index is 1130. The van der Waals surface area contributed by atoms with Crippen LogP contribution in [0.25, 0.3) is 0 Å². The van der Waals surface area contributed by atoms with Crippen LogP contribution in [0, 0.1) is 24.7 Å². The molecule has 2 aliphatic rings. The first-order valence-electron chi connectivity index (χ1n) is 11.9. The number of fused-ring (bicyclic) bond motifs is 1. The highest BCUT2D eigenvalue weighted by molar-refractivity contribution is 7.89. The van der Waals surface area contributed by atoms with E-state index in [9.17, 15) is 13.5 Å². The summed E-state index contributed by atoms with van der Waals surface area (Å²) in [4.78, 5) is 2.66. The second-order valence-electron chi connectivity index (χ2n) is 9.51. The molecule has 2 aliphatic heterocycles.